The van der Waals surface area contributed by atoms with Crippen LogP contribution in [0.25, 0.3) is 0 Å². The second kappa shape index (κ2) is 8.23. The van der Waals surface area contributed by atoms with Crippen molar-refractivity contribution in [3.05, 3.63) is 59.1 Å². The number of hydrazine groups is 1. The SMILES string of the molecule is CC(C)(C)OC(=O)N1C(c2ccccc2)=Nc2ccc(Cl)cc2N1C(=O)OC(C)(C)C. The number of ether oxygens (including phenoxy) is 2. The summed E-state index contributed by atoms with van der Waals surface area (Å²) in [4.78, 5) is 31.3. The Hall–Kier alpha value is -3.06. The molecule has 2 amide bonds. The summed E-state index contributed by atoms with van der Waals surface area (Å²) in [5.74, 6) is 0.232. The van der Waals surface area contributed by atoms with E-state index in [9.17, 15) is 9.59 Å². The molecule has 31 heavy (non-hydrogen) atoms. The number of amides is 2. The molecule has 2 aromatic carbocycles. The zero-order chi connectivity index (χ0) is 23.0. The van der Waals surface area contributed by atoms with Crippen molar-refractivity contribution >= 4 is 41.0 Å². The van der Waals surface area contributed by atoms with E-state index in [-0.39, 0.29) is 5.84 Å². The van der Waals surface area contributed by atoms with Crippen LogP contribution in [0.3, 0.4) is 0 Å². The van der Waals surface area contributed by atoms with Crippen molar-refractivity contribution in [1.82, 2.24) is 5.01 Å². The van der Waals surface area contributed by atoms with E-state index >= 15 is 0 Å². The average Bonchev–Trinajstić information content (AvgIpc) is 2.64. The Kier molecular flexibility index (Phi) is 6.00. The van der Waals surface area contributed by atoms with Gasteiger partial charge in [-0.05, 0) is 59.7 Å². The fourth-order valence-corrected chi connectivity index (χ4v) is 3.02. The zero-order valence-electron chi connectivity index (χ0n) is 18.5. The van der Waals surface area contributed by atoms with E-state index < -0.39 is 23.4 Å². The van der Waals surface area contributed by atoms with Gasteiger partial charge in [-0.1, -0.05) is 41.9 Å². The van der Waals surface area contributed by atoms with Crippen LogP contribution in [-0.2, 0) is 9.47 Å². The Morgan fingerprint density at radius 2 is 1.39 bits per heavy atom. The van der Waals surface area contributed by atoms with Gasteiger partial charge in [0.25, 0.3) is 0 Å². The molecule has 1 aliphatic rings. The number of anilines is 1. The molecule has 0 bridgehead atoms. The Bertz CT molecular complexity index is 1020. The van der Waals surface area contributed by atoms with E-state index in [1.807, 2.05) is 18.2 Å². The molecule has 8 heteroatoms. The van der Waals surface area contributed by atoms with Gasteiger partial charge in [-0.25, -0.2) is 14.6 Å². The van der Waals surface area contributed by atoms with Gasteiger partial charge in [0.15, 0.2) is 5.84 Å². The highest BCUT2D eigenvalue weighted by Crippen LogP contribution is 2.39. The summed E-state index contributed by atoms with van der Waals surface area (Å²) >= 11 is 6.20. The first-order valence-electron chi connectivity index (χ1n) is 9.85. The highest BCUT2D eigenvalue weighted by Gasteiger charge is 2.41. The van der Waals surface area contributed by atoms with E-state index in [2.05, 4.69) is 4.99 Å². The van der Waals surface area contributed by atoms with E-state index in [0.29, 0.717) is 22.0 Å². The van der Waals surface area contributed by atoms with Gasteiger partial charge in [0.1, 0.15) is 11.2 Å². The van der Waals surface area contributed by atoms with Gasteiger partial charge < -0.3 is 9.47 Å². The molecular formula is C23H26ClN3O4. The van der Waals surface area contributed by atoms with Gasteiger partial charge in [-0.15, -0.1) is 0 Å². The number of nitrogens with zero attached hydrogens (tertiary/aromatic N) is 3. The summed E-state index contributed by atoms with van der Waals surface area (Å²) in [5.41, 5.74) is -0.187. The van der Waals surface area contributed by atoms with Crippen LogP contribution in [0.2, 0.25) is 5.02 Å². The normalized spacial score (nSPS) is 14.0. The molecule has 0 fully saturated rings. The summed E-state index contributed by atoms with van der Waals surface area (Å²) in [5, 5.41) is 2.60. The summed E-state index contributed by atoms with van der Waals surface area (Å²) in [6.45, 7) is 10.5. The van der Waals surface area contributed by atoms with Crippen LogP contribution < -0.4 is 5.01 Å². The minimum absolute atomic E-state index is 0.232. The molecule has 1 heterocycles. The van der Waals surface area contributed by atoms with Crippen molar-refractivity contribution in [2.24, 2.45) is 4.99 Å². The largest absolute Gasteiger partial charge is 0.442 e. The number of carbonyl (C=O) groups excluding carboxylic acids is 2. The third-order valence-electron chi connectivity index (χ3n) is 3.96. The highest BCUT2D eigenvalue weighted by atomic mass is 35.5. The molecule has 0 N–H and O–H groups in total. The van der Waals surface area contributed by atoms with E-state index in [0.717, 1.165) is 10.0 Å². The Morgan fingerprint density at radius 3 is 1.94 bits per heavy atom. The van der Waals surface area contributed by atoms with Gasteiger partial charge in [0.2, 0.25) is 0 Å². The molecule has 164 valence electrons. The number of fused-ring (bicyclic) bond motifs is 1. The van der Waals surface area contributed by atoms with Crippen molar-refractivity contribution < 1.29 is 19.1 Å². The van der Waals surface area contributed by atoms with Crippen LogP contribution in [0.15, 0.2) is 53.5 Å². The van der Waals surface area contributed by atoms with Gasteiger partial charge in [-0.3, -0.25) is 0 Å². The standard InChI is InChI=1S/C23H26ClN3O4/c1-22(2,3)30-20(28)26-18-14-16(24)12-13-17(18)25-19(15-10-8-7-9-11-15)27(26)21(29)31-23(4,5)6/h7-14H,1-6H3. The molecule has 0 spiro atoms. The van der Waals surface area contributed by atoms with Crippen LogP contribution in [0.1, 0.15) is 47.1 Å². The van der Waals surface area contributed by atoms with E-state index in [1.165, 1.54) is 0 Å². The lowest BCUT2D eigenvalue weighted by atomic mass is 10.1. The van der Waals surface area contributed by atoms with Crippen molar-refractivity contribution in [2.45, 2.75) is 52.7 Å². The maximum absolute atomic E-state index is 13.3. The highest BCUT2D eigenvalue weighted by molar-refractivity contribution is 6.31. The van der Waals surface area contributed by atoms with E-state index in [1.54, 1.807) is 71.9 Å². The van der Waals surface area contributed by atoms with Crippen LogP contribution in [-0.4, -0.2) is 34.2 Å². The number of benzene rings is 2. The molecule has 0 unspecified atom stereocenters. The van der Waals surface area contributed by atoms with Crippen LogP contribution in [0.5, 0.6) is 0 Å². The van der Waals surface area contributed by atoms with Crippen molar-refractivity contribution in [3.8, 4) is 0 Å². The summed E-state index contributed by atoms with van der Waals surface area (Å²) < 4.78 is 11.2. The van der Waals surface area contributed by atoms with Gasteiger partial charge in [0.05, 0.1) is 11.4 Å². The predicted molar refractivity (Wildman–Crippen MR) is 121 cm³/mol. The van der Waals surface area contributed by atoms with Crippen molar-refractivity contribution in [3.63, 3.8) is 0 Å². The monoisotopic (exact) mass is 443 g/mol. The zero-order valence-corrected chi connectivity index (χ0v) is 19.2. The number of hydrogen-bond acceptors (Lipinski definition) is 5. The molecule has 0 aromatic heterocycles. The number of amidine groups is 1. The smallest absolute Gasteiger partial charge is 0.436 e. The van der Waals surface area contributed by atoms with Crippen LogP contribution in [0.4, 0.5) is 21.0 Å². The number of hydrogen-bond donors (Lipinski definition) is 0. The molecule has 7 nitrogen and oxygen atoms in total. The Labute approximate surface area is 187 Å². The lowest BCUT2D eigenvalue weighted by Crippen LogP contribution is -2.57. The first kappa shape index (κ1) is 22.6. The summed E-state index contributed by atoms with van der Waals surface area (Å²) in [6.07, 6.45) is -1.53. The topological polar surface area (TPSA) is 71.4 Å². The number of aliphatic imine (C=N–C) groups is 1. The second-order valence-corrected chi connectivity index (χ2v) is 9.46. The van der Waals surface area contributed by atoms with Crippen molar-refractivity contribution in [1.29, 1.82) is 0 Å². The van der Waals surface area contributed by atoms with Gasteiger partial charge in [0, 0.05) is 10.6 Å². The minimum Gasteiger partial charge on any atom is -0.442 e. The van der Waals surface area contributed by atoms with E-state index in [4.69, 9.17) is 21.1 Å². The van der Waals surface area contributed by atoms with Crippen LogP contribution in [0, 0.1) is 0 Å². The van der Waals surface area contributed by atoms with Gasteiger partial charge in [-0.2, -0.15) is 10.0 Å². The third-order valence-corrected chi connectivity index (χ3v) is 4.19. The maximum Gasteiger partial charge on any atom is 0.436 e. The molecule has 0 saturated carbocycles. The quantitative estimate of drug-likeness (QED) is 0.516. The van der Waals surface area contributed by atoms with Crippen LogP contribution >= 0.6 is 11.6 Å². The number of rotatable bonds is 1. The Morgan fingerprint density at radius 1 is 0.839 bits per heavy atom. The van der Waals surface area contributed by atoms with Crippen molar-refractivity contribution in [2.75, 3.05) is 5.01 Å². The average molecular weight is 444 g/mol. The molecule has 3 rings (SSSR count). The fraction of sp³-hybridized carbons (Fsp3) is 0.348. The third kappa shape index (κ3) is 5.35. The molecule has 0 radical (unpaired) electrons. The fourth-order valence-electron chi connectivity index (χ4n) is 2.86. The first-order chi connectivity index (χ1) is 14.4. The second-order valence-electron chi connectivity index (χ2n) is 9.02. The molecule has 0 saturated heterocycles. The molecule has 2 aromatic rings. The predicted octanol–water partition coefficient (Wildman–Crippen LogP) is 6.33. The lowest BCUT2D eigenvalue weighted by molar-refractivity contribution is 0.0256. The van der Waals surface area contributed by atoms with Gasteiger partial charge >= 0.3 is 12.2 Å². The summed E-state index contributed by atoms with van der Waals surface area (Å²) in [7, 11) is 0. The number of halogens is 1. The minimum atomic E-state index is -0.799. The molecule has 1 aliphatic heterocycles. The first-order valence-corrected chi connectivity index (χ1v) is 10.2. The summed E-state index contributed by atoms with van der Waals surface area (Å²) in [6, 6.07) is 14.0. The maximum atomic E-state index is 13.3. The molecule has 0 atom stereocenters. The number of carbonyl (C=O) groups is 2. The lowest BCUT2D eigenvalue weighted by Gasteiger charge is -2.39. The Balaban J connectivity index is 2.22. The molecule has 0 aliphatic carbocycles. The molecular weight excluding hydrogens is 418 g/mol.